The van der Waals surface area contributed by atoms with E-state index in [9.17, 15) is 4.79 Å². The zero-order valence-electron chi connectivity index (χ0n) is 18.3. The molecule has 0 fully saturated rings. The maximum absolute atomic E-state index is 12.8. The fourth-order valence-corrected chi connectivity index (χ4v) is 3.93. The van der Waals surface area contributed by atoms with Crippen LogP contribution in [0.3, 0.4) is 0 Å². The second-order valence-corrected chi connectivity index (χ2v) is 7.95. The van der Waals surface area contributed by atoms with Gasteiger partial charge in [0.1, 0.15) is 6.33 Å². The van der Waals surface area contributed by atoms with Crippen LogP contribution in [0.4, 0.5) is 0 Å². The number of aromatic nitrogens is 5. The third-order valence-corrected chi connectivity index (χ3v) is 5.74. The van der Waals surface area contributed by atoms with Crippen molar-refractivity contribution in [3.8, 4) is 5.69 Å². The van der Waals surface area contributed by atoms with Gasteiger partial charge in [0.2, 0.25) is 0 Å². The van der Waals surface area contributed by atoms with Crippen molar-refractivity contribution >= 4 is 16.9 Å². The minimum atomic E-state index is -0.199. The van der Waals surface area contributed by atoms with E-state index < -0.39 is 0 Å². The van der Waals surface area contributed by atoms with Crippen LogP contribution in [0.25, 0.3) is 16.7 Å². The molecule has 1 amide bonds. The standard InChI is InChI=1S/C26H24N6O/c1-31-24(17-20-7-3-2-4-8-20)25(29-30-31)26(33)27-16-15-19-11-13-21(14-12-19)32-18-28-22-9-5-6-10-23(22)32/h2-14,18H,15-17H2,1H3,(H,27,33). The summed E-state index contributed by atoms with van der Waals surface area (Å²) >= 11 is 0. The molecule has 0 aliphatic heterocycles. The van der Waals surface area contributed by atoms with Gasteiger partial charge in [0, 0.05) is 25.7 Å². The van der Waals surface area contributed by atoms with Gasteiger partial charge in [0.05, 0.1) is 16.7 Å². The second-order valence-electron chi connectivity index (χ2n) is 7.95. The van der Waals surface area contributed by atoms with Gasteiger partial charge in [-0.25, -0.2) is 4.98 Å². The molecule has 33 heavy (non-hydrogen) atoms. The number of aryl methyl sites for hydroxylation is 1. The Bertz CT molecular complexity index is 1390. The first-order chi connectivity index (χ1) is 16.2. The van der Waals surface area contributed by atoms with Gasteiger partial charge < -0.3 is 5.32 Å². The second kappa shape index (κ2) is 9.08. The predicted molar refractivity (Wildman–Crippen MR) is 127 cm³/mol. The van der Waals surface area contributed by atoms with Crippen molar-refractivity contribution < 1.29 is 4.79 Å². The lowest BCUT2D eigenvalue weighted by Crippen LogP contribution is -2.27. The number of carbonyl (C=O) groups is 1. The summed E-state index contributed by atoms with van der Waals surface area (Å²) in [4.78, 5) is 17.2. The molecule has 5 aromatic rings. The highest BCUT2D eigenvalue weighted by Crippen LogP contribution is 2.18. The van der Waals surface area contributed by atoms with Crippen molar-refractivity contribution in [2.24, 2.45) is 7.05 Å². The van der Waals surface area contributed by atoms with Crippen LogP contribution in [-0.4, -0.2) is 37.0 Å². The molecular formula is C26H24N6O. The highest BCUT2D eigenvalue weighted by Gasteiger charge is 2.18. The fraction of sp³-hybridized carbons (Fsp3) is 0.154. The Morgan fingerprint density at radius 1 is 0.909 bits per heavy atom. The molecule has 2 aromatic heterocycles. The lowest BCUT2D eigenvalue weighted by atomic mass is 10.1. The largest absolute Gasteiger partial charge is 0.350 e. The zero-order chi connectivity index (χ0) is 22.6. The van der Waals surface area contributed by atoms with Crippen molar-refractivity contribution in [2.45, 2.75) is 12.8 Å². The van der Waals surface area contributed by atoms with Crippen LogP contribution in [-0.2, 0) is 19.9 Å². The predicted octanol–water partition coefficient (Wildman–Crippen LogP) is 3.72. The smallest absolute Gasteiger partial charge is 0.273 e. The molecule has 0 saturated heterocycles. The monoisotopic (exact) mass is 436 g/mol. The lowest BCUT2D eigenvalue weighted by Gasteiger charge is -2.08. The summed E-state index contributed by atoms with van der Waals surface area (Å²) < 4.78 is 3.74. The molecule has 1 N–H and O–H groups in total. The molecule has 0 bridgehead atoms. The molecular weight excluding hydrogens is 412 g/mol. The Morgan fingerprint density at radius 2 is 1.67 bits per heavy atom. The van der Waals surface area contributed by atoms with Crippen LogP contribution in [0.2, 0.25) is 0 Å². The van der Waals surface area contributed by atoms with Gasteiger partial charge in [-0.1, -0.05) is 59.8 Å². The molecule has 2 heterocycles. The van der Waals surface area contributed by atoms with E-state index in [1.165, 1.54) is 0 Å². The van der Waals surface area contributed by atoms with E-state index in [4.69, 9.17) is 0 Å². The van der Waals surface area contributed by atoms with E-state index in [0.29, 0.717) is 18.7 Å². The van der Waals surface area contributed by atoms with Crippen molar-refractivity contribution in [1.29, 1.82) is 0 Å². The maximum Gasteiger partial charge on any atom is 0.273 e. The minimum absolute atomic E-state index is 0.199. The normalized spacial score (nSPS) is 11.1. The van der Waals surface area contributed by atoms with Crippen LogP contribution in [0, 0.1) is 0 Å². The minimum Gasteiger partial charge on any atom is -0.350 e. The lowest BCUT2D eigenvalue weighted by molar-refractivity contribution is 0.0948. The van der Waals surface area contributed by atoms with E-state index >= 15 is 0 Å². The van der Waals surface area contributed by atoms with Crippen molar-refractivity contribution in [2.75, 3.05) is 6.54 Å². The van der Waals surface area contributed by atoms with Crippen LogP contribution < -0.4 is 5.32 Å². The number of carbonyl (C=O) groups excluding carboxylic acids is 1. The average Bonchev–Trinajstić information content (AvgIpc) is 3.44. The first kappa shape index (κ1) is 20.6. The number of fused-ring (bicyclic) bond motifs is 1. The number of hydrogen-bond acceptors (Lipinski definition) is 4. The average molecular weight is 437 g/mol. The number of rotatable bonds is 7. The molecule has 164 valence electrons. The molecule has 0 aliphatic rings. The van der Waals surface area contributed by atoms with Crippen LogP contribution >= 0.6 is 0 Å². The van der Waals surface area contributed by atoms with E-state index in [2.05, 4.69) is 55.5 Å². The number of nitrogens with one attached hydrogen (secondary N) is 1. The van der Waals surface area contributed by atoms with E-state index in [-0.39, 0.29) is 5.91 Å². The van der Waals surface area contributed by atoms with Crippen LogP contribution in [0.15, 0.2) is 85.2 Å². The van der Waals surface area contributed by atoms with Crippen molar-refractivity contribution in [1.82, 2.24) is 29.9 Å². The number of amides is 1. The summed E-state index contributed by atoms with van der Waals surface area (Å²) in [6.07, 6.45) is 3.18. The van der Waals surface area contributed by atoms with E-state index in [1.807, 2.05) is 61.9 Å². The number of imidazole rings is 1. The van der Waals surface area contributed by atoms with Gasteiger partial charge in [0.15, 0.2) is 5.69 Å². The molecule has 0 spiro atoms. The Labute approximate surface area is 191 Å². The maximum atomic E-state index is 12.8. The van der Waals surface area contributed by atoms with Gasteiger partial charge in [-0.05, 0) is 41.8 Å². The summed E-state index contributed by atoms with van der Waals surface area (Å²) in [5, 5.41) is 11.1. The highest BCUT2D eigenvalue weighted by atomic mass is 16.2. The van der Waals surface area contributed by atoms with Crippen molar-refractivity contribution in [3.63, 3.8) is 0 Å². The Balaban J connectivity index is 1.21. The van der Waals surface area contributed by atoms with Gasteiger partial charge in [-0.3, -0.25) is 14.0 Å². The van der Waals surface area contributed by atoms with E-state index in [1.54, 1.807) is 4.68 Å². The molecule has 0 atom stereocenters. The summed E-state index contributed by atoms with van der Waals surface area (Å²) in [7, 11) is 1.81. The summed E-state index contributed by atoms with van der Waals surface area (Å²) in [5.41, 5.74) is 6.54. The van der Waals surface area contributed by atoms with E-state index in [0.717, 1.165) is 40.0 Å². The summed E-state index contributed by atoms with van der Waals surface area (Å²) in [6.45, 7) is 0.521. The fourth-order valence-electron chi connectivity index (χ4n) is 3.93. The zero-order valence-corrected chi connectivity index (χ0v) is 18.3. The highest BCUT2D eigenvalue weighted by molar-refractivity contribution is 5.93. The summed E-state index contributed by atoms with van der Waals surface area (Å²) in [6, 6.07) is 26.4. The molecule has 3 aromatic carbocycles. The van der Waals surface area contributed by atoms with Gasteiger partial charge in [-0.15, -0.1) is 5.10 Å². The van der Waals surface area contributed by atoms with Gasteiger partial charge in [-0.2, -0.15) is 0 Å². The Morgan fingerprint density at radius 3 is 2.48 bits per heavy atom. The van der Waals surface area contributed by atoms with Crippen LogP contribution in [0.5, 0.6) is 0 Å². The van der Waals surface area contributed by atoms with Crippen molar-refractivity contribution in [3.05, 3.63) is 108 Å². The molecule has 0 radical (unpaired) electrons. The summed E-state index contributed by atoms with van der Waals surface area (Å²) in [5.74, 6) is -0.199. The van der Waals surface area contributed by atoms with Gasteiger partial charge in [0.25, 0.3) is 5.91 Å². The molecule has 0 aliphatic carbocycles. The third kappa shape index (κ3) is 4.39. The third-order valence-electron chi connectivity index (χ3n) is 5.74. The number of hydrogen-bond donors (Lipinski definition) is 1. The first-order valence-electron chi connectivity index (χ1n) is 10.9. The Kier molecular flexibility index (Phi) is 5.68. The molecule has 0 unspecified atom stereocenters. The van der Waals surface area contributed by atoms with Gasteiger partial charge >= 0.3 is 0 Å². The SMILES string of the molecule is Cn1nnc(C(=O)NCCc2ccc(-n3cnc4ccccc43)cc2)c1Cc1ccccc1. The topological polar surface area (TPSA) is 77.6 Å². The number of para-hydroxylation sites is 2. The first-order valence-corrected chi connectivity index (χ1v) is 10.9. The molecule has 0 saturated carbocycles. The quantitative estimate of drug-likeness (QED) is 0.422. The number of benzene rings is 3. The Hall–Kier alpha value is -4.26. The van der Waals surface area contributed by atoms with Crippen LogP contribution in [0.1, 0.15) is 27.3 Å². The molecule has 7 heteroatoms. The number of nitrogens with zero attached hydrogens (tertiary/aromatic N) is 5. The molecule has 5 rings (SSSR count). The molecule has 7 nitrogen and oxygen atoms in total.